The van der Waals surface area contributed by atoms with Crippen molar-refractivity contribution >= 4 is 50.0 Å². The van der Waals surface area contributed by atoms with Crippen LogP contribution in [0.5, 0.6) is 11.5 Å². The summed E-state index contributed by atoms with van der Waals surface area (Å²) in [6, 6.07) is 5.03. The number of ether oxygens (including phenoxy) is 2. The Labute approximate surface area is 313 Å². The lowest BCUT2D eigenvalue weighted by atomic mass is 9.93. The van der Waals surface area contributed by atoms with Gasteiger partial charge >= 0.3 is 0 Å². The number of benzene rings is 1. The van der Waals surface area contributed by atoms with Gasteiger partial charge in [-0.3, -0.25) is 19.1 Å². The molecule has 2 N–H and O–H groups in total. The summed E-state index contributed by atoms with van der Waals surface area (Å²) in [5, 5.41) is 5.52. The van der Waals surface area contributed by atoms with E-state index in [2.05, 4.69) is 10.0 Å². The Balaban J connectivity index is 1.22. The second-order valence-electron chi connectivity index (χ2n) is 15.0. The van der Waals surface area contributed by atoms with Crippen molar-refractivity contribution in [3.63, 3.8) is 0 Å². The fraction of sp³-hybridized carbons (Fsp3) is 0.553. The number of aryl methyl sites for hydroxylation is 1. The van der Waals surface area contributed by atoms with Crippen molar-refractivity contribution in [3.05, 3.63) is 47.0 Å². The van der Waals surface area contributed by atoms with Crippen LogP contribution < -0.4 is 19.5 Å². The lowest BCUT2D eigenvalue weighted by molar-refractivity contribution is -0.140. The number of methoxy groups -OCH3 is 1. The molecule has 278 valence electrons. The highest BCUT2D eigenvalue weighted by Crippen LogP contribution is 2.47. The third-order valence-corrected chi connectivity index (χ3v) is 13.6. The first-order chi connectivity index (χ1) is 26.0. The first-order valence-corrected chi connectivity index (χ1v) is 20.4. The van der Waals surface area contributed by atoms with E-state index in [0.717, 1.165) is 25.0 Å². The van der Waals surface area contributed by atoms with E-state index in [1.54, 1.807) is 37.1 Å². The molecular weight excluding hydrogens is 704 g/mol. The van der Waals surface area contributed by atoms with E-state index in [1.165, 1.54) is 11.3 Å². The Kier molecular flexibility index (Phi) is 8.82. The zero-order chi connectivity index (χ0) is 39.4. The number of aromatic nitrogens is 2. The quantitative estimate of drug-likeness (QED) is 0.232. The number of hydrogen-bond acceptors (Lipinski definition) is 10. The van der Waals surface area contributed by atoms with Crippen LogP contribution in [0.25, 0.3) is 21.6 Å². The molecule has 1 aliphatic heterocycles. The molecule has 3 saturated carbocycles. The van der Waals surface area contributed by atoms with Crippen LogP contribution in [-0.4, -0.2) is 78.5 Å². The summed E-state index contributed by atoms with van der Waals surface area (Å²) in [6.07, 6.45) is 7.11. The van der Waals surface area contributed by atoms with Crippen molar-refractivity contribution < 1.29 is 36.4 Å². The van der Waals surface area contributed by atoms with Crippen molar-refractivity contribution in [3.8, 4) is 22.2 Å². The monoisotopic (exact) mass is 753 g/mol. The normalized spacial score (nSPS) is 28.5. The number of nitrogens with one attached hydrogen (secondary N) is 2. The lowest BCUT2D eigenvalue weighted by Crippen LogP contribution is -2.54. The van der Waals surface area contributed by atoms with Crippen molar-refractivity contribution in [2.24, 2.45) is 17.8 Å². The van der Waals surface area contributed by atoms with Gasteiger partial charge in [0.15, 0.2) is 0 Å². The molecule has 14 heteroatoms. The van der Waals surface area contributed by atoms with Crippen LogP contribution in [-0.2, 0) is 24.4 Å². The number of fused-ring (bicyclic) bond motifs is 3. The number of allylic oxidation sites excluding steroid dienone is 1. The number of sulfonamides is 1. The third-order valence-electron chi connectivity index (χ3n) is 10.9. The van der Waals surface area contributed by atoms with Gasteiger partial charge in [0.2, 0.25) is 21.8 Å². The first kappa shape index (κ1) is 32.6. The number of rotatable bonds is 8. The smallest absolute Gasteiger partial charge is 0.259 e. The molecule has 0 radical (unpaired) electrons. The maximum absolute atomic E-state index is 14.3. The summed E-state index contributed by atoms with van der Waals surface area (Å²) in [7, 11) is -4.81. The van der Waals surface area contributed by atoms with Gasteiger partial charge < -0.3 is 19.7 Å². The second-order valence-corrected chi connectivity index (χ2v) is 17.8. The predicted octanol–water partition coefficient (Wildman–Crippen LogP) is 5.25. The molecule has 3 fully saturated rings. The van der Waals surface area contributed by atoms with Crippen LogP contribution in [0.15, 0.2) is 35.7 Å². The van der Waals surface area contributed by atoms with Crippen molar-refractivity contribution in [2.75, 3.05) is 20.6 Å². The third kappa shape index (κ3) is 7.03. The average molecular weight is 754 g/mol. The summed E-state index contributed by atoms with van der Waals surface area (Å²) in [4.78, 5) is 53.4. The summed E-state index contributed by atoms with van der Waals surface area (Å²) < 4.78 is 62.9. The van der Waals surface area contributed by atoms with E-state index in [0.29, 0.717) is 52.3 Å². The second kappa shape index (κ2) is 14.1. The highest BCUT2D eigenvalue weighted by atomic mass is 32.2. The molecule has 0 spiro atoms. The Morgan fingerprint density at radius 2 is 1.94 bits per heavy atom. The zero-order valence-electron chi connectivity index (χ0n) is 32.8. The molecule has 3 aliphatic carbocycles. The van der Waals surface area contributed by atoms with E-state index in [9.17, 15) is 22.8 Å². The van der Waals surface area contributed by atoms with Gasteiger partial charge in [-0.05, 0) is 76.3 Å². The average Bonchev–Trinajstić information content (AvgIpc) is 3.99. The molecule has 52 heavy (non-hydrogen) atoms. The molecule has 3 aromatic rings. The first-order valence-electron chi connectivity index (χ1n) is 19.5. The molecule has 1 aromatic carbocycles. The Bertz CT molecular complexity index is 2150. The summed E-state index contributed by atoms with van der Waals surface area (Å²) in [5.41, 5.74) is 0.930. The number of amides is 3. The summed E-state index contributed by atoms with van der Waals surface area (Å²) in [5.74, 6) is -2.71. The molecule has 1 unspecified atom stereocenters. The maximum atomic E-state index is 14.3. The Morgan fingerprint density at radius 3 is 2.67 bits per heavy atom. The van der Waals surface area contributed by atoms with Gasteiger partial charge in [0.1, 0.15) is 33.8 Å². The fourth-order valence-electron chi connectivity index (χ4n) is 7.44. The Morgan fingerprint density at radius 1 is 1.15 bits per heavy atom. The minimum Gasteiger partial charge on any atom is -0.496 e. The van der Waals surface area contributed by atoms with Crippen LogP contribution in [0.1, 0.15) is 86.5 Å². The van der Waals surface area contributed by atoms with Crippen LogP contribution in [0, 0.1) is 24.7 Å². The number of nitrogens with zero attached hydrogens (tertiary/aromatic N) is 3. The Hall–Kier alpha value is -4.04. The largest absolute Gasteiger partial charge is 0.496 e. The standard InChI is InChI=1S/C38H47N5O7S2/c1-21(2)30-20-51-35(40-30)29-18-32(26-13-14-31(49-5)22(3)33(26)39-29)50-24-16-27-28(17-24)36(45)43(4)15-9-7-6-8-10-23-19-38(23,41-34(27)44)37(46)42-52(47,48)25-11-12-25/h8,10,13-14,18,20-21,23-25,27-28H,6-7,9,11-12,15-17,19H2,1-5H3,(H,41,44)(H,42,46)/b10-8-/t23-,24-,27-,28?,38-/m1/s1/i5+1D3. The van der Waals surface area contributed by atoms with Gasteiger partial charge in [0, 0.05) is 41.9 Å². The van der Waals surface area contributed by atoms with E-state index in [-0.39, 0.29) is 42.8 Å². The molecule has 5 atom stereocenters. The number of carbonyl (C=O) groups is 3. The van der Waals surface area contributed by atoms with Crippen LogP contribution >= 0.6 is 11.3 Å². The minimum atomic E-state index is -3.86. The topological polar surface area (TPSA) is 157 Å². The van der Waals surface area contributed by atoms with Crippen LogP contribution in [0.4, 0.5) is 0 Å². The van der Waals surface area contributed by atoms with E-state index < -0.39 is 57.6 Å². The van der Waals surface area contributed by atoms with Gasteiger partial charge in [-0.2, -0.15) is 0 Å². The number of carbonyl (C=O) groups excluding carboxylic acids is 3. The molecule has 0 saturated heterocycles. The zero-order valence-corrected chi connectivity index (χ0v) is 31.4. The SMILES string of the molecule is [2H][13C]([2H])([2H])Oc1ccc2c(O[C@H]3CC4C(=O)N(C)CCCC/C=C\[C@@H]5C[C@@]5(C(=O)NS(=O)(=O)C5CC5)NC(=O)[C@@H]4C3)cc(-c3nc(C(C)C)cs3)nc2c1C. The minimum absolute atomic E-state index is 0.150. The van der Waals surface area contributed by atoms with Gasteiger partial charge in [-0.1, -0.05) is 26.0 Å². The molecule has 7 rings (SSSR count). The highest BCUT2D eigenvalue weighted by Gasteiger charge is 2.62. The molecule has 3 heterocycles. The van der Waals surface area contributed by atoms with E-state index >= 15 is 0 Å². The lowest BCUT2D eigenvalue weighted by Gasteiger charge is -2.26. The molecule has 4 aliphatic rings. The van der Waals surface area contributed by atoms with Crippen molar-refractivity contribution in [1.29, 1.82) is 0 Å². The molecular formula is C38H47N5O7S2. The molecule has 12 nitrogen and oxygen atoms in total. The number of hydrogen-bond donors (Lipinski definition) is 2. The van der Waals surface area contributed by atoms with E-state index in [1.807, 2.05) is 31.4 Å². The number of pyridine rings is 1. The maximum Gasteiger partial charge on any atom is 0.259 e. The highest BCUT2D eigenvalue weighted by molar-refractivity contribution is 7.91. The van der Waals surface area contributed by atoms with Gasteiger partial charge in [-0.15, -0.1) is 11.3 Å². The van der Waals surface area contributed by atoms with Gasteiger partial charge in [-0.25, -0.2) is 18.4 Å². The fourth-order valence-corrected chi connectivity index (χ4v) is 9.74. The molecule has 0 bridgehead atoms. The number of thiazole rings is 1. The predicted molar refractivity (Wildman–Crippen MR) is 199 cm³/mol. The molecule has 2 aromatic heterocycles. The van der Waals surface area contributed by atoms with Crippen LogP contribution in [0.3, 0.4) is 0 Å². The van der Waals surface area contributed by atoms with Crippen LogP contribution in [0.2, 0.25) is 0 Å². The van der Waals surface area contributed by atoms with Gasteiger partial charge in [0.25, 0.3) is 5.91 Å². The van der Waals surface area contributed by atoms with Crippen molar-refractivity contribution in [2.45, 2.75) is 94.9 Å². The van der Waals surface area contributed by atoms with Crippen molar-refractivity contribution in [1.82, 2.24) is 24.9 Å². The van der Waals surface area contributed by atoms with E-state index in [4.69, 9.17) is 23.6 Å². The summed E-state index contributed by atoms with van der Waals surface area (Å²) in [6.45, 7) is 6.33. The van der Waals surface area contributed by atoms with Gasteiger partial charge in [0.05, 0.1) is 39.4 Å². The molecule has 3 amide bonds. The summed E-state index contributed by atoms with van der Waals surface area (Å²) >= 11 is 1.43.